The van der Waals surface area contributed by atoms with Crippen LogP contribution in [0.2, 0.25) is 0 Å². The van der Waals surface area contributed by atoms with Gasteiger partial charge in [0.1, 0.15) is 0 Å². The van der Waals surface area contributed by atoms with Gasteiger partial charge in [-0.3, -0.25) is 0 Å². The van der Waals surface area contributed by atoms with Crippen molar-refractivity contribution < 1.29 is 4.74 Å². The van der Waals surface area contributed by atoms with Crippen LogP contribution in [-0.4, -0.2) is 18.3 Å². The van der Waals surface area contributed by atoms with E-state index in [1.165, 1.54) is 11.4 Å². The van der Waals surface area contributed by atoms with Crippen molar-refractivity contribution in [3.05, 3.63) is 23.5 Å². The number of rotatable bonds is 3. The van der Waals surface area contributed by atoms with Gasteiger partial charge in [-0.15, -0.1) is 0 Å². The highest BCUT2D eigenvalue weighted by Crippen LogP contribution is 2.14. The van der Waals surface area contributed by atoms with Crippen molar-refractivity contribution >= 4 is 0 Å². The summed E-state index contributed by atoms with van der Waals surface area (Å²) in [5.41, 5.74) is 2.61. The van der Waals surface area contributed by atoms with Crippen molar-refractivity contribution in [3.8, 4) is 0 Å². The number of nitrogens with zero attached hydrogens (tertiary/aromatic N) is 1. The number of methoxy groups -OCH3 is 1. The fourth-order valence-corrected chi connectivity index (χ4v) is 1.69. The molecule has 0 unspecified atom stereocenters. The Morgan fingerprint density at radius 2 is 1.83 bits per heavy atom. The summed E-state index contributed by atoms with van der Waals surface area (Å²) < 4.78 is 7.41. The van der Waals surface area contributed by atoms with Crippen LogP contribution in [0.15, 0.2) is 12.1 Å². The van der Waals surface area contributed by atoms with Gasteiger partial charge in [0, 0.05) is 18.5 Å². The molecular weight excluding hydrogens is 150 g/mol. The predicted molar refractivity (Wildman–Crippen MR) is 50.5 cm³/mol. The molecule has 68 valence electrons. The Morgan fingerprint density at radius 1 is 1.33 bits per heavy atom. The summed E-state index contributed by atoms with van der Waals surface area (Å²) in [5.74, 6) is 0. The normalized spacial score (nSPS) is 13.3. The van der Waals surface area contributed by atoms with Gasteiger partial charge in [-0.2, -0.15) is 0 Å². The molecule has 0 aromatic carbocycles. The second-order valence-electron chi connectivity index (χ2n) is 3.29. The number of hydrogen-bond donors (Lipinski definition) is 0. The average Bonchev–Trinajstić information content (AvgIpc) is 2.32. The van der Waals surface area contributed by atoms with Gasteiger partial charge in [0.05, 0.1) is 12.6 Å². The SMILES string of the molecule is COC[C@@H](C)n1c(C)ccc1C. The summed E-state index contributed by atoms with van der Waals surface area (Å²) in [5, 5.41) is 0. The first kappa shape index (κ1) is 9.33. The van der Waals surface area contributed by atoms with Gasteiger partial charge in [-0.1, -0.05) is 0 Å². The van der Waals surface area contributed by atoms with Crippen LogP contribution in [0.5, 0.6) is 0 Å². The predicted octanol–water partition coefficient (Wildman–Crippen LogP) is 2.31. The molecule has 12 heavy (non-hydrogen) atoms. The second kappa shape index (κ2) is 3.76. The summed E-state index contributed by atoms with van der Waals surface area (Å²) in [4.78, 5) is 0. The highest BCUT2D eigenvalue weighted by molar-refractivity contribution is 5.14. The third-order valence-corrected chi connectivity index (χ3v) is 2.17. The molecule has 1 heterocycles. The van der Waals surface area contributed by atoms with Crippen LogP contribution >= 0.6 is 0 Å². The van der Waals surface area contributed by atoms with E-state index in [2.05, 4.69) is 37.5 Å². The van der Waals surface area contributed by atoms with Crippen LogP contribution in [0.4, 0.5) is 0 Å². The largest absolute Gasteiger partial charge is 0.383 e. The first-order valence-corrected chi connectivity index (χ1v) is 4.30. The van der Waals surface area contributed by atoms with Crippen molar-refractivity contribution in [1.82, 2.24) is 4.57 Å². The average molecular weight is 167 g/mol. The van der Waals surface area contributed by atoms with Gasteiger partial charge in [0.2, 0.25) is 0 Å². The molecule has 2 nitrogen and oxygen atoms in total. The van der Waals surface area contributed by atoms with Crippen LogP contribution < -0.4 is 0 Å². The molecule has 0 aliphatic rings. The van der Waals surface area contributed by atoms with Crippen molar-refractivity contribution in [2.24, 2.45) is 0 Å². The molecule has 1 rings (SSSR count). The molecule has 0 saturated carbocycles. The highest BCUT2D eigenvalue weighted by Gasteiger charge is 2.07. The molecule has 0 amide bonds. The molecule has 0 N–H and O–H groups in total. The fourth-order valence-electron chi connectivity index (χ4n) is 1.69. The summed E-state index contributed by atoms with van der Waals surface area (Å²) in [7, 11) is 1.74. The lowest BCUT2D eigenvalue weighted by Gasteiger charge is -2.17. The maximum atomic E-state index is 5.12. The number of ether oxygens (including phenoxy) is 1. The minimum atomic E-state index is 0.435. The summed E-state index contributed by atoms with van der Waals surface area (Å²) in [6.45, 7) is 7.19. The number of aromatic nitrogens is 1. The van der Waals surface area contributed by atoms with Crippen molar-refractivity contribution in [2.75, 3.05) is 13.7 Å². The molecule has 0 spiro atoms. The van der Waals surface area contributed by atoms with Gasteiger partial charge >= 0.3 is 0 Å². The smallest absolute Gasteiger partial charge is 0.0667 e. The molecule has 0 fully saturated rings. The highest BCUT2D eigenvalue weighted by atomic mass is 16.5. The van der Waals surface area contributed by atoms with Gasteiger partial charge in [0.15, 0.2) is 0 Å². The lowest BCUT2D eigenvalue weighted by molar-refractivity contribution is 0.161. The van der Waals surface area contributed by atoms with E-state index in [1.807, 2.05) is 0 Å². The topological polar surface area (TPSA) is 14.2 Å². The fraction of sp³-hybridized carbons (Fsp3) is 0.600. The van der Waals surface area contributed by atoms with Crippen molar-refractivity contribution in [1.29, 1.82) is 0 Å². The molecule has 0 bridgehead atoms. The Labute approximate surface area is 74.2 Å². The maximum absolute atomic E-state index is 5.12. The van der Waals surface area contributed by atoms with E-state index in [1.54, 1.807) is 7.11 Å². The molecule has 0 aliphatic carbocycles. The Balaban J connectivity index is 2.85. The van der Waals surface area contributed by atoms with Gasteiger partial charge in [-0.25, -0.2) is 0 Å². The Morgan fingerprint density at radius 3 is 2.25 bits per heavy atom. The van der Waals surface area contributed by atoms with Crippen molar-refractivity contribution in [2.45, 2.75) is 26.8 Å². The second-order valence-corrected chi connectivity index (χ2v) is 3.29. The van der Waals surface area contributed by atoms with E-state index in [4.69, 9.17) is 4.74 Å². The van der Waals surface area contributed by atoms with E-state index in [0.717, 1.165) is 6.61 Å². The number of aryl methyl sites for hydroxylation is 2. The number of hydrogen-bond acceptors (Lipinski definition) is 1. The maximum Gasteiger partial charge on any atom is 0.0667 e. The summed E-state index contributed by atoms with van der Waals surface area (Å²) in [6, 6.07) is 4.72. The van der Waals surface area contributed by atoms with Gasteiger partial charge < -0.3 is 9.30 Å². The minimum Gasteiger partial charge on any atom is -0.383 e. The zero-order chi connectivity index (χ0) is 9.14. The van der Waals surface area contributed by atoms with Crippen LogP contribution in [0.1, 0.15) is 24.4 Å². The first-order valence-electron chi connectivity index (χ1n) is 4.30. The molecule has 0 radical (unpaired) electrons. The van der Waals surface area contributed by atoms with Gasteiger partial charge in [-0.05, 0) is 32.9 Å². The van der Waals surface area contributed by atoms with Crippen molar-refractivity contribution in [3.63, 3.8) is 0 Å². The molecule has 0 aliphatic heterocycles. The van der Waals surface area contributed by atoms with Crippen LogP contribution in [0.25, 0.3) is 0 Å². The first-order chi connectivity index (χ1) is 5.66. The lowest BCUT2D eigenvalue weighted by atomic mass is 10.3. The summed E-state index contributed by atoms with van der Waals surface area (Å²) >= 11 is 0. The molecule has 1 atom stereocenters. The van der Waals surface area contributed by atoms with E-state index >= 15 is 0 Å². The van der Waals surface area contributed by atoms with E-state index in [-0.39, 0.29) is 0 Å². The Bertz CT molecular complexity index is 233. The van der Waals surface area contributed by atoms with E-state index in [9.17, 15) is 0 Å². The van der Waals surface area contributed by atoms with Crippen LogP contribution in [0.3, 0.4) is 0 Å². The molecule has 2 heteroatoms. The van der Waals surface area contributed by atoms with Crippen LogP contribution in [0, 0.1) is 13.8 Å². The quantitative estimate of drug-likeness (QED) is 0.673. The minimum absolute atomic E-state index is 0.435. The summed E-state index contributed by atoms with van der Waals surface area (Å²) in [6.07, 6.45) is 0. The molecule has 1 aromatic rings. The molecule has 0 saturated heterocycles. The third kappa shape index (κ3) is 1.69. The standard InChI is InChI=1S/C10H17NO/c1-8-5-6-9(2)11(8)10(3)7-12-4/h5-6,10H,7H2,1-4H3/t10-/m1/s1. The van der Waals surface area contributed by atoms with Crippen LogP contribution in [-0.2, 0) is 4.74 Å². The van der Waals surface area contributed by atoms with E-state index < -0.39 is 0 Å². The van der Waals surface area contributed by atoms with E-state index in [0.29, 0.717) is 6.04 Å². The molecular formula is C10H17NO. The molecule has 1 aromatic heterocycles. The monoisotopic (exact) mass is 167 g/mol. The third-order valence-electron chi connectivity index (χ3n) is 2.17. The van der Waals surface area contributed by atoms with Gasteiger partial charge in [0.25, 0.3) is 0 Å². The lowest BCUT2D eigenvalue weighted by Crippen LogP contribution is -2.13. The zero-order valence-corrected chi connectivity index (χ0v) is 8.29. The zero-order valence-electron chi connectivity index (χ0n) is 8.29. The Hall–Kier alpha value is -0.760. The Kier molecular flexibility index (Phi) is 2.93.